The fourth-order valence-electron chi connectivity index (χ4n) is 3.74. The van der Waals surface area contributed by atoms with Gasteiger partial charge in [-0.15, -0.1) is 0 Å². The first kappa shape index (κ1) is 26.6. The number of methoxy groups -OCH3 is 1. The molecule has 0 saturated carbocycles. The van der Waals surface area contributed by atoms with E-state index >= 15 is 0 Å². The van der Waals surface area contributed by atoms with Gasteiger partial charge in [0.25, 0.3) is 0 Å². The number of nitrogens with one attached hydrogen (secondary N) is 1. The summed E-state index contributed by atoms with van der Waals surface area (Å²) in [6.45, 7) is 2.46. The minimum Gasteiger partial charge on any atom is -0.465 e. The summed E-state index contributed by atoms with van der Waals surface area (Å²) in [7, 11) is 1.21. The number of halogens is 5. The molecule has 2 unspecified atom stereocenters. The smallest absolute Gasteiger partial charge is 0.422 e. The number of aromatic nitrogens is 1. The minimum absolute atomic E-state index is 0.00325. The lowest BCUT2D eigenvalue weighted by Crippen LogP contribution is -2.47. The van der Waals surface area contributed by atoms with Crippen molar-refractivity contribution in [3.8, 4) is 11.5 Å². The Morgan fingerprint density at radius 3 is 2.14 bits per heavy atom. The summed E-state index contributed by atoms with van der Waals surface area (Å²) in [5.74, 6) is -1.75. The van der Waals surface area contributed by atoms with E-state index < -0.39 is 34.8 Å². The number of benzene rings is 2. The van der Waals surface area contributed by atoms with Gasteiger partial charge in [0.2, 0.25) is 5.56 Å². The molecular weight excluding hydrogens is 510 g/mol. The molecule has 0 radical (unpaired) electrons. The van der Waals surface area contributed by atoms with Crippen LogP contribution in [0.25, 0.3) is 0 Å². The number of hydrogen-bond acceptors (Lipinski definition) is 5. The van der Waals surface area contributed by atoms with Crippen LogP contribution in [0.15, 0.2) is 53.3 Å². The molecule has 1 aromatic heterocycles. The topological polar surface area (TPSA) is 88.6 Å². The van der Waals surface area contributed by atoms with E-state index in [2.05, 4.69) is 9.72 Å². The Hall–Kier alpha value is -3.01. The van der Waals surface area contributed by atoms with Crippen LogP contribution in [0, 0.1) is 6.92 Å². The number of rotatable bonds is 6. The van der Waals surface area contributed by atoms with E-state index in [1.165, 1.54) is 57.4 Å². The first-order chi connectivity index (χ1) is 16.3. The van der Waals surface area contributed by atoms with Crippen LogP contribution in [0.4, 0.5) is 13.2 Å². The van der Waals surface area contributed by atoms with Crippen molar-refractivity contribution in [3.63, 3.8) is 0 Å². The maximum Gasteiger partial charge on any atom is 0.422 e. The predicted molar refractivity (Wildman–Crippen MR) is 124 cm³/mol. The van der Waals surface area contributed by atoms with E-state index in [-0.39, 0.29) is 38.4 Å². The molecule has 3 rings (SSSR count). The lowest BCUT2D eigenvalue weighted by atomic mass is 9.77. The zero-order chi connectivity index (χ0) is 26.1. The molecule has 0 amide bonds. The van der Waals surface area contributed by atoms with Gasteiger partial charge < -0.3 is 19.6 Å². The first-order valence-electron chi connectivity index (χ1n) is 10.1. The van der Waals surface area contributed by atoms with Crippen molar-refractivity contribution in [1.82, 2.24) is 4.98 Å². The van der Waals surface area contributed by atoms with Crippen molar-refractivity contribution in [1.29, 1.82) is 0 Å². The molecule has 35 heavy (non-hydrogen) atoms. The molecule has 0 bridgehead atoms. The Labute approximate surface area is 208 Å². The van der Waals surface area contributed by atoms with Crippen LogP contribution < -0.4 is 10.3 Å². The number of ether oxygens (including phenoxy) is 2. The van der Waals surface area contributed by atoms with E-state index in [4.69, 9.17) is 27.9 Å². The zero-order valence-corrected chi connectivity index (χ0v) is 20.2. The van der Waals surface area contributed by atoms with Crippen molar-refractivity contribution in [3.05, 3.63) is 91.3 Å². The second-order valence-corrected chi connectivity index (χ2v) is 8.58. The number of esters is 1. The Morgan fingerprint density at radius 1 is 1.03 bits per heavy atom. The third-order valence-corrected chi connectivity index (χ3v) is 6.25. The van der Waals surface area contributed by atoms with Crippen LogP contribution >= 0.6 is 23.2 Å². The second kappa shape index (κ2) is 9.93. The van der Waals surface area contributed by atoms with Gasteiger partial charge >= 0.3 is 12.1 Å². The van der Waals surface area contributed by atoms with Gasteiger partial charge in [0.1, 0.15) is 11.5 Å². The second-order valence-electron chi connectivity index (χ2n) is 7.77. The molecule has 6 nitrogen and oxygen atoms in total. The van der Waals surface area contributed by atoms with Crippen molar-refractivity contribution < 1.29 is 32.5 Å². The quantitative estimate of drug-likeness (QED) is 0.375. The average Bonchev–Trinajstić information content (AvgIpc) is 2.77. The molecule has 2 aromatic carbocycles. The molecule has 0 spiro atoms. The van der Waals surface area contributed by atoms with E-state index in [9.17, 15) is 27.9 Å². The molecule has 11 heteroatoms. The molecule has 0 aliphatic rings. The van der Waals surface area contributed by atoms with Gasteiger partial charge in [-0.05, 0) is 42.8 Å². The summed E-state index contributed by atoms with van der Waals surface area (Å²) in [5, 5.41) is 11.0. The van der Waals surface area contributed by atoms with Gasteiger partial charge in [0.05, 0.1) is 17.7 Å². The van der Waals surface area contributed by atoms with Crippen molar-refractivity contribution in [2.24, 2.45) is 0 Å². The number of carbonyl (C=O) groups excluding carboxylic acids is 1. The normalized spacial score (nSPS) is 14.2. The lowest BCUT2D eigenvalue weighted by molar-refractivity contribution is -0.274. The molecule has 2 N–H and O–H groups in total. The number of aromatic amines is 1. The summed E-state index contributed by atoms with van der Waals surface area (Å²) in [6, 6.07) is 10.1. The third-order valence-electron chi connectivity index (χ3n) is 5.61. The molecule has 0 aliphatic heterocycles. The number of alkyl halides is 3. The molecular formula is C24H20Cl2F3NO5. The maximum atomic E-state index is 14.2. The molecule has 0 fully saturated rings. The Kier molecular flexibility index (Phi) is 7.54. The number of carbonyl (C=O) groups is 1. The first-order valence-corrected chi connectivity index (χ1v) is 10.9. The number of aryl methyl sites for hydroxylation is 1. The highest BCUT2D eigenvalue weighted by molar-refractivity contribution is 6.33. The van der Waals surface area contributed by atoms with Gasteiger partial charge in [-0.25, -0.2) is 4.79 Å². The Bertz CT molecular complexity index is 1330. The number of H-pyrrole nitrogens is 1. The Morgan fingerprint density at radius 2 is 1.63 bits per heavy atom. The fourth-order valence-corrected chi connectivity index (χ4v) is 4.32. The van der Waals surface area contributed by atoms with E-state index in [1.54, 1.807) is 0 Å². The summed E-state index contributed by atoms with van der Waals surface area (Å²) < 4.78 is 52.9. The third kappa shape index (κ3) is 5.17. The zero-order valence-electron chi connectivity index (χ0n) is 18.7. The highest BCUT2D eigenvalue weighted by Gasteiger charge is 2.59. The number of aliphatic hydroxyl groups is 1. The van der Waals surface area contributed by atoms with Gasteiger partial charge in [-0.2, -0.15) is 13.2 Å². The monoisotopic (exact) mass is 529 g/mol. The summed E-state index contributed by atoms with van der Waals surface area (Å²) >= 11 is 12.4. The summed E-state index contributed by atoms with van der Waals surface area (Å²) in [4.78, 5) is 25.4. The van der Waals surface area contributed by atoms with Gasteiger partial charge in [0.15, 0.2) is 5.60 Å². The van der Waals surface area contributed by atoms with Crippen LogP contribution in [0.2, 0.25) is 10.0 Å². The molecule has 0 saturated heterocycles. The van der Waals surface area contributed by atoms with Gasteiger partial charge in [-0.3, -0.25) is 4.79 Å². The maximum absolute atomic E-state index is 14.2. The number of hydrogen-bond donors (Lipinski definition) is 2. The van der Waals surface area contributed by atoms with Crippen LogP contribution in [-0.4, -0.2) is 29.3 Å². The minimum atomic E-state index is -5.09. The van der Waals surface area contributed by atoms with Crippen LogP contribution in [-0.2, 0) is 10.3 Å². The number of pyridine rings is 1. The summed E-state index contributed by atoms with van der Waals surface area (Å²) in [5.41, 5.74) is -4.41. The Balaban J connectivity index is 1.96. The molecule has 1 heterocycles. The highest BCUT2D eigenvalue weighted by atomic mass is 35.5. The predicted octanol–water partition coefficient (Wildman–Crippen LogP) is 6.12. The largest absolute Gasteiger partial charge is 0.465 e. The fraction of sp³-hybridized carbons (Fsp3) is 0.250. The molecule has 0 aliphatic carbocycles. The molecule has 186 valence electrons. The van der Waals surface area contributed by atoms with Crippen molar-refractivity contribution in [2.75, 3.05) is 7.11 Å². The average molecular weight is 530 g/mol. The van der Waals surface area contributed by atoms with Crippen molar-refractivity contribution >= 4 is 29.2 Å². The van der Waals surface area contributed by atoms with E-state index in [0.29, 0.717) is 0 Å². The highest BCUT2D eigenvalue weighted by Crippen LogP contribution is 2.50. The standard InChI is InChI=1S/C24H20Cl2F3NO5/c1-12(23(33,24(27,28)29)18-8-9-21(31)30-13(18)2)16-6-4-14(10-19(16)25)35-15-5-7-17(20(26)11-15)22(32)34-3/h4-12,33H,1-3H3,(H,30,31). The van der Waals surface area contributed by atoms with Crippen LogP contribution in [0.5, 0.6) is 11.5 Å². The summed E-state index contributed by atoms with van der Waals surface area (Å²) in [6.07, 6.45) is -5.09. The lowest BCUT2D eigenvalue weighted by Gasteiger charge is -2.37. The SMILES string of the molecule is COC(=O)c1ccc(Oc2ccc(C(C)C(O)(c3ccc(=O)[nH]c3C)C(F)(F)F)c(Cl)c2)cc1Cl. The van der Waals surface area contributed by atoms with E-state index in [0.717, 1.165) is 12.1 Å². The molecule has 2 atom stereocenters. The van der Waals surface area contributed by atoms with E-state index in [1.807, 2.05) is 0 Å². The van der Waals surface area contributed by atoms with Crippen LogP contribution in [0.1, 0.15) is 40.0 Å². The van der Waals surface area contributed by atoms with Gasteiger partial charge in [-0.1, -0.05) is 36.2 Å². The van der Waals surface area contributed by atoms with Gasteiger partial charge in [0, 0.05) is 34.3 Å². The van der Waals surface area contributed by atoms with Crippen LogP contribution in [0.3, 0.4) is 0 Å². The van der Waals surface area contributed by atoms with Crippen molar-refractivity contribution in [2.45, 2.75) is 31.5 Å². The molecule has 3 aromatic rings.